The average molecular weight is 310 g/mol. The molecule has 5 nitrogen and oxygen atoms in total. The predicted octanol–water partition coefficient (Wildman–Crippen LogP) is 2.11. The minimum atomic E-state index is 0.224. The van der Waals surface area contributed by atoms with E-state index >= 15 is 0 Å². The van der Waals surface area contributed by atoms with Crippen LogP contribution in [0, 0.1) is 6.92 Å². The summed E-state index contributed by atoms with van der Waals surface area (Å²) in [5.74, 6) is 0.224. The van der Waals surface area contributed by atoms with Crippen LogP contribution in [-0.4, -0.2) is 39.2 Å². The van der Waals surface area contributed by atoms with Gasteiger partial charge in [0, 0.05) is 38.8 Å². The maximum Gasteiger partial charge on any atom is 0.229 e. The van der Waals surface area contributed by atoms with E-state index in [0.717, 1.165) is 25.2 Å². The third-order valence-electron chi connectivity index (χ3n) is 5.09. The van der Waals surface area contributed by atoms with Crippen LogP contribution in [0.25, 0.3) is 0 Å². The maximum absolute atomic E-state index is 12.5. The van der Waals surface area contributed by atoms with E-state index in [0.29, 0.717) is 12.5 Å². The molecule has 2 saturated heterocycles. The van der Waals surface area contributed by atoms with Crippen molar-refractivity contribution in [3.05, 3.63) is 47.8 Å². The monoisotopic (exact) mass is 310 g/mol. The van der Waals surface area contributed by atoms with Crippen molar-refractivity contribution in [2.75, 3.05) is 11.4 Å². The third-order valence-corrected chi connectivity index (χ3v) is 5.09. The van der Waals surface area contributed by atoms with Gasteiger partial charge in [-0.05, 0) is 18.9 Å². The van der Waals surface area contributed by atoms with Gasteiger partial charge in [-0.25, -0.2) is 0 Å². The highest BCUT2D eigenvalue weighted by atomic mass is 16.2. The summed E-state index contributed by atoms with van der Waals surface area (Å²) >= 11 is 0. The van der Waals surface area contributed by atoms with E-state index in [1.807, 2.05) is 18.1 Å². The SMILES string of the molecule is Cc1ccc(CN2CC[C@@H]3[C@@H]2CC(=O)N3c2cnn(C)c2)cc1. The number of likely N-dealkylation sites (tertiary alicyclic amines) is 1. The molecule has 2 aliphatic heterocycles. The van der Waals surface area contributed by atoms with Crippen LogP contribution in [0.1, 0.15) is 24.0 Å². The number of anilines is 1. The van der Waals surface area contributed by atoms with Crippen molar-refractivity contribution in [1.82, 2.24) is 14.7 Å². The highest BCUT2D eigenvalue weighted by Crippen LogP contribution is 2.36. The lowest BCUT2D eigenvalue weighted by Gasteiger charge is -2.24. The number of fused-ring (bicyclic) bond motifs is 1. The number of carbonyl (C=O) groups is 1. The molecule has 4 rings (SSSR count). The first-order valence-electron chi connectivity index (χ1n) is 8.22. The molecule has 1 amide bonds. The Morgan fingerprint density at radius 1 is 1.22 bits per heavy atom. The Hall–Kier alpha value is -2.14. The minimum absolute atomic E-state index is 0.224. The second kappa shape index (κ2) is 5.49. The summed E-state index contributed by atoms with van der Waals surface area (Å²) in [5, 5.41) is 4.21. The van der Waals surface area contributed by atoms with Gasteiger partial charge in [-0.1, -0.05) is 29.8 Å². The summed E-state index contributed by atoms with van der Waals surface area (Å²) < 4.78 is 1.76. The van der Waals surface area contributed by atoms with Crippen LogP contribution in [0.3, 0.4) is 0 Å². The molecule has 0 spiro atoms. The van der Waals surface area contributed by atoms with Crippen LogP contribution >= 0.6 is 0 Å². The Balaban J connectivity index is 1.52. The van der Waals surface area contributed by atoms with Crippen molar-refractivity contribution >= 4 is 11.6 Å². The zero-order valence-corrected chi connectivity index (χ0v) is 13.6. The normalized spacial score (nSPS) is 24.4. The predicted molar refractivity (Wildman–Crippen MR) is 89.1 cm³/mol. The van der Waals surface area contributed by atoms with Crippen LogP contribution in [0.5, 0.6) is 0 Å². The van der Waals surface area contributed by atoms with Crippen molar-refractivity contribution in [1.29, 1.82) is 0 Å². The van der Waals surface area contributed by atoms with Crippen LogP contribution in [-0.2, 0) is 18.4 Å². The fraction of sp³-hybridized carbons (Fsp3) is 0.444. The van der Waals surface area contributed by atoms with E-state index in [-0.39, 0.29) is 11.9 Å². The van der Waals surface area contributed by atoms with Crippen LogP contribution in [0.4, 0.5) is 5.69 Å². The fourth-order valence-electron chi connectivity index (χ4n) is 3.92. The number of hydrogen-bond donors (Lipinski definition) is 0. The Kier molecular flexibility index (Phi) is 3.45. The van der Waals surface area contributed by atoms with E-state index in [4.69, 9.17) is 0 Å². The lowest BCUT2D eigenvalue weighted by atomic mass is 10.1. The summed E-state index contributed by atoms with van der Waals surface area (Å²) in [6.07, 6.45) is 5.38. The highest BCUT2D eigenvalue weighted by molar-refractivity contribution is 5.97. The number of rotatable bonds is 3. The molecule has 0 unspecified atom stereocenters. The van der Waals surface area contributed by atoms with Crippen LogP contribution in [0.15, 0.2) is 36.7 Å². The standard InChI is InChI=1S/C18H22N4O/c1-13-3-5-14(6-4-13)11-21-8-7-16-17(21)9-18(23)22(16)15-10-19-20(2)12-15/h3-6,10,12,16-17H,7-9,11H2,1-2H3/t16-,17+/m1/s1. The smallest absolute Gasteiger partial charge is 0.229 e. The van der Waals surface area contributed by atoms with E-state index in [2.05, 4.69) is 41.2 Å². The molecule has 1 aromatic heterocycles. The molecule has 2 aromatic rings. The van der Waals surface area contributed by atoms with Gasteiger partial charge in [-0.3, -0.25) is 14.4 Å². The molecule has 2 atom stereocenters. The molecule has 0 saturated carbocycles. The summed E-state index contributed by atoms with van der Waals surface area (Å²) in [6.45, 7) is 4.08. The number of aromatic nitrogens is 2. The van der Waals surface area contributed by atoms with Gasteiger partial charge < -0.3 is 4.90 Å². The van der Waals surface area contributed by atoms with Gasteiger partial charge in [0.15, 0.2) is 0 Å². The lowest BCUT2D eigenvalue weighted by molar-refractivity contribution is -0.117. The third kappa shape index (κ3) is 2.55. The second-order valence-corrected chi connectivity index (χ2v) is 6.72. The lowest BCUT2D eigenvalue weighted by Crippen LogP contribution is -2.37. The molecule has 0 bridgehead atoms. The maximum atomic E-state index is 12.5. The van der Waals surface area contributed by atoms with Gasteiger partial charge in [0.05, 0.1) is 17.9 Å². The van der Waals surface area contributed by atoms with Gasteiger partial charge in [0.1, 0.15) is 0 Å². The minimum Gasteiger partial charge on any atom is -0.305 e. The number of benzene rings is 1. The Morgan fingerprint density at radius 2 is 2.00 bits per heavy atom. The van der Waals surface area contributed by atoms with Crippen LogP contribution in [0.2, 0.25) is 0 Å². The molecular weight excluding hydrogens is 288 g/mol. The Labute approximate surface area is 136 Å². The molecule has 0 radical (unpaired) electrons. The van der Waals surface area contributed by atoms with Gasteiger partial charge in [0.2, 0.25) is 5.91 Å². The van der Waals surface area contributed by atoms with Crippen molar-refractivity contribution in [2.24, 2.45) is 7.05 Å². The van der Waals surface area contributed by atoms with Crippen molar-refractivity contribution in [2.45, 2.75) is 38.4 Å². The number of nitrogens with zero attached hydrogens (tertiary/aromatic N) is 4. The van der Waals surface area contributed by atoms with Crippen molar-refractivity contribution < 1.29 is 4.79 Å². The van der Waals surface area contributed by atoms with E-state index in [1.165, 1.54) is 11.1 Å². The van der Waals surface area contributed by atoms with E-state index in [9.17, 15) is 4.79 Å². The molecule has 1 aromatic carbocycles. The summed E-state index contributed by atoms with van der Waals surface area (Å²) in [4.78, 5) is 16.9. The Bertz CT molecular complexity index is 721. The number of amides is 1. The average Bonchev–Trinajstić information content (AvgIpc) is 3.18. The first kappa shape index (κ1) is 14.5. The quantitative estimate of drug-likeness (QED) is 0.872. The zero-order chi connectivity index (χ0) is 16.0. The molecule has 0 N–H and O–H groups in total. The van der Waals surface area contributed by atoms with Gasteiger partial charge in [-0.2, -0.15) is 5.10 Å². The first-order valence-corrected chi connectivity index (χ1v) is 8.22. The fourth-order valence-corrected chi connectivity index (χ4v) is 3.92. The number of aryl methyl sites for hydroxylation is 2. The molecule has 3 heterocycles. The van der Waals surface area contributed by atoms with Crippen LogP contribution < -0.4 is 4.90 Å². The van der Waals surface area contributed by atoms with E-state index < -0.39 is 0 Å². The topological polar surface area (TPSA) is 41.4 Å². The molecule has 2 fully saturated rings. The molecule has 5 heteroatoms. The number of carbonyl (C=O) groups excluding carboxylic acids is 1. The molecular formula is C18H22N4O. The summed E-state index contributed by atoms with van der Waals surface area (Å²) in [5.41, 5.74) is 3.54. The number of hydrogen-bond acceptors (Lipinski definition) is 3. The van der Waals surface area contributed by atoms with Crippen molar-refractivity contribution in [3.63, 3.8) is 0 Å². The zero-order valence-electron chi connectivity index (χ0n) is 13.6. The molecule has 0 aliphatic carbocycles. The van der Waals surface area contributed by atoms with Crippen molar-refractivity contribution in [3.8, 4) is 0 Å². The molecule has 120 valence electrons. The molecule has 23 heavy (non-hydrogen) atoms. The van der Waals surface area contributed by atoms with E-state index in [1.54, 1.807) is 10.9 Å². The second-order valence-electron chi connectivity index (χ2n) is 6.72. The van der Waals surface area contributed by atoms with Gasteiger partial charge in [-0.15, -0.1) is 0 Å². The molecule has 2 aliphatic rings. The Morgan fingerprint density at radius 3 is 2.70 bits per heavy atom. The van der Waals surface area contributed by atoms with Gasteiger partial charge in [0.25, 0.3) is 0 Å². The highest BCUT2D eigenvalue weighted by Gasteiger charge is 2.47. The summed E-state index contributed by atoms with van der Waals surface area (Å²) in [6, 6.07) is 9.31. The largest absolute Gasteiger partial charge is 0.305 e. The summed E-state index contributed by atoms with van der Waals surface area (Å²) in [7, 11) is 1.89. The van der Waals surface area contributed by atoms with Gasteiger partial charge >= 0.3 is 0 Å². The first-order chi connectivity index (χ1) is 11.1.